The van der Waals surface area contributed by atoms with Gasteiger partial charge in [0.05, 0.1) is 37.8 Å². The van der Waals surface area contributed by atoms with Crippen LogP contribution in [-0.4, -0.2) is 61.4 Å². The molecule has 0 radical (unpaired) electrons. The topological polar surface area (TPSA) is 65.9 Å². The molecule has 0 saturated carbocycles. The first-order chi connectivity index (χ1) is 17.0. The number of nitrogens with zero attached hydrogens (tertiary/aromatic N) is 3. The molecule has 2 saturated heterocycles. The Morgan fingerprint density at radius 3 is 2.74 bits per heavy atom. The van der Waals surface area contributed by atoms with Crippen molar-refractivity contribution >= 4 is 17.0 Å². The number of likely N-dealkylation sites (tertiary alicyclic amines) is 1. The van der Waals surface area contributed by atoms with E-state index in [1.807, 2.05) is 25.1 Å². The van der Waals surface area contributed by atoms with Gasteiger partial charge in [-0.25, -0.2) is 14.4 Å². The third-order valence-corrected chi connectivity index (χ3v) is 7.00. The van der Waals surface area contributed by atoms with Gasteiger partial charge < -0.3 is 23.8 Å². The van der Waals surface area contributed by atoms with Crippen molar-refractivity contribution in [3.63, 3.8) is 0 Å². The first-order valence-electron chi connectivity index (χ1n) is 12.0. The Hall–Kier alpha value is -3.23. The van der Waals surface area contributed by atoms with Crippen molar-refractivity contribution in [2.45, 2.75) is 19.8 Å². The number of benzene rings is 2. The molecule has 1 spiro atoms. The van der Waals surface area contributed by atoms with Crippen molar-refractivity contribution in [3.8, 4) is 23.1 Å². The zero-order chi connectivity index (χ0) is 24.0. The first-order valence-corrected chi connectivity index (χ1v) is 12.0. The quantitative estimate of drug-likeness (QED) is 0.438. The third-order valence-electron chi connectivity index (χ3n) is 7.00. The van der Waals surface area contributed by atoms with E-state index in [1.54, 1.807) is 19.2 Å². The second kappa shape index (κ2) is 8.77. The van der Waals surface area contributed by atoms with E-state index >= 15 is 4.39 Å². The van der Waals surface area contributed by atoms with Crippen LogP contribution in [0.15, 0.2) is 36.2 Å². The van der Waals surface area contributed by atoms with E-state index in [0.29, 0.717) is 40.0 Å². The van der Waals surface area contributed by atoms with Crippen LogP contribution in [0.25, 0.3) is 17.0 Å². The van der Waals surface area contributed by atoms with Crippen molar-refractivity contribution in [1.29, 1.82) is 0 Å². The molecular weight excluding hydrogens is 449 g/mol. The molecule has 182 valence electrons. The monoisotopic (exact) mass is 477 g/mol. The molecule has 7 nitrogen and oxygen atoms in total. The Labute approximate surface area is 203 Å². The number of methoxy groups -OCH3 is 1. The van der Waals surface area contributed by atoms with E-state index in [9.17, 15) is 0 Å². The maximum atomic E-state index is 15.1. The summed E-state index contributed by atoms with van der Waals surface area (Å²) in [6.07, 6.45) is 4.95. The smallest absolute Gasteiger partial charge is 0.230 e. The highest BCUT2D eigenvalue weighted by molar-refractivity contribution is 5.87. The fraction of sp³-hybridized carbons (Fsp3) is 0.407. The van der Waals surface area contributed by atoms with Gasteiger partial charge >= 0.3 is 0 Å². The minimum Gasteiger partial charge on any atom is -0.493 e. The Morgan fingerprint density at radius 2 is 1.97 bits per heavy atom. The number of rotatable bonds is 8. The standard InChI is InChI=1S/C27H28FN3O4/c1-17-8-18-4-5-22(25(28)19(18)9-17)35-26-20-10-23(32-2)24(11-21(20)29-16-30-26)34-7-3-6-31-12-27(13-31)14-33-15-27/h4-5,9-11,16H,3,6-8,12-15H2,1-2H3. The highest BCUT2D eigenvalue weighted by atomic mass is 19.1. The van der Waals surface area contributed by atoms with Gasteiger partial charge in [0.2, 0.25) is 5.88 Å². The van der Waals surface area contributed by atoms with Crippen LogP contribution in [0.5, 0.6) is 23.1 Å². The van der Waals surface area contributed by atoms with E-state index < -0.39 is 0 Å². The molecule has 0 atom stereocenters. The summed E-state index contributed by atoms with van der Waals surface area (Å²) in [4.78, 5) is 11.1. The summed E-state index contributed by atoms with van der Waals surface area (Å²) in [5, 5.41) is 0.622. The summed E-state index contributed by atoms with van der Waals surface area (Å²) in [6, 6.07) is 7.15. The predicted molar refractivity (Wildman–Crippen MR) is 130 cm³/mol. The third kappa shape index (κ3) is 4.10. The van der Waals surface area contributed by atoms with E-state index in [-0.39, 0.29) is 17.4 Å². The molecule has 3 aromatic rings. The maximum absolute atomic E-state index is 15.1. The molecular formula is C27H28FN3O4. The zero-order valence-corrected chi connectivity index (χ0v) is 20.0. The predicted octanol–water partition coefficient (Wildman–Crippen LogP) is 4.63. The molecule has 2 aromatic carbocycles. The van der Waals surface area contributed by atoms with Gasteiger partial charge in [0, 0.05) is 36.7 Å². The summed E-state index contributed by atoms with van der Waals surface area (Å²) < 4.78 is 38.0. The number of fused-ring (bicyclic) bond motifs is 2. The molecule has 0 N–H and O–H groups in total. The molecule has 2 fully saturated rings. The van der Waals surface area contributed by atoms with Crippen LogP contribution in [-0.2, 0) is 11.2 Å². The Balaban J connectivity index is 1.16. The van der Waals surface area contributed by atoms with Crippen molar-refractivity contribution < 1.29 is 23.3 Å². The SMILES string of the molecule is COc1cc2c(Oc3ccc4c(c3F)C=C(C)C4)ncnc2cc1OCCCN1CC2(COC2)C1. The average molecular weight is 478 g/mol. The summed E-state index contributed by atoms with van der Waals surface area (Å²) in [5.41, 5.74) is 3.75. The fourth-order valence-corrected chi connectivity index (χ4v) is 5.20. The number of hydrogen-bond acceptors (Lipinski definition) is 7. The lowest BCUT2D eigenvalue weighted by Crippen LogP contribution is -2.65. The van der Waals surface area contributed by atoms with Crippen LogP contribution >= 0.6 is 0 Å². The normalized spacial score (nSPS) is 18.1. The molecule has 0 bridgehead atoms. The minimum atomic E-state index is -0.379. The average Bonchev–Trinajstić information content (AvgIpc) is 3.19. The molecule has 0 unspecified atom stereocenters. The molecule has 6 rings (SSSR count). The lowest BCUT2D eigenvalue weighted by molar-refractivity contribution is -0.189. The molecule has 0 amide bonds. The van der Waals surface area contributed by atoms with Gasteiger partial charge in [-0.15, -0.1) is 0 Å². The molecule has 1 aliphatic carbocycles. The van der Waals surface area contributed by atoms with Crippen molar-refractivity contribution in [3.05, 3.63) is 53.1 Å². The highest BCUT2D eigenvalue weighted by Gasteiger charge is 2.48. The van der Waals surface area contributed by atoms with Crippen LogP contribution in [0.4, 0.5) is 4.39 Å². The largest absolute Gasteiger partial charge is 0.493 e. The van der Waals surface area contributed by atoms with Crippen molar-refractivity contribution in [1.82, 2.24) is 14.9 Å². The number of allylic oxidation sites excluding steroid dienone is 1. The van der Waals surface area contributed by atoms with E-state index in [1.165, 1.54) is 6.33 Å². The van der Waals surface area contributed by atoms with Gasteiger partial charge in [-0.3, -0.25) is 0 Å². The van der Waals surface area contributed by atoms with E-state index in [2.05, 4.69) is 14.9 Å². The van der Waals surface area contributed by atoms with Gasteiger partial charge in [-0.1, -0.05) is 17.7 Å². The summed E-state index contributed by atoms with van der Waals surface area (Å²) in [7, 11) is 1.59. The lowest BCUT2D eigenvalue weighted by atomic mass is 9.78. The van der Waals surface area contributed by atoms with Gasteiger partial charge in [0.25, 0.3) is 0 Å². The molecule has 8 heteroatoms. The highest BCUT2D eigenvalue weighted by Crippen LogP contribution is 2.39. The van der Waals surface area contributed by atoms with E-state index in [0.717, 1.165) is 56.8 Å². The summed E-state index contributed by atoms with van der Waals surface area (Å²) >= 11 is 0. The minimum absolute atomic E-state index is 0.134. The number of halogens is 1. The zero-order valence-electron chi connectivity index (χ0n) is 20.0. The van der Waals surface area contributed by atoms with Gasteiger partial charge in [-0.2, -0.15) is 0 Å². The number of hydrogen-bond donors (Lipinski definition) is 0. The Morgan fingerprint density at radius 1 is 1.11 bits per heavy atom. The molecule has 35 heavy (non-hydrogen) atoms. The molecule has 1 aromatic heterocycles. The van der Waals surface area contributed by atoms with E-state index in [4.69, 9.17) is 18.9 Å². The van der Waals surface area contributed by atoms with Gasteiger partial charge in [0.1, 0.15) is 6.33 Å². The van der Waals surface area contributed by atoms with Crippen LogP contribution < -0.4 is 14.2 Å². The maximum Gasteiger partial charge on any atom is 0.230 e. The van der Waals surface area contributed by atoms with Crippen LogP contribution in [0.3, 0.4) is 0 Å². The van der Waals surface area contributed by atoms with Crippen LogP contribution in [0.1, 0.15) is 24.5 Å². The molecule has 3 aliphatic rings. The molecule has 2 aliphatic heterocycles. The van der Waals surface area contributed by atoms with Crippen molar-refractivity contribution in [2.24, 2.45) is 5.41 Å². The van der Waals surface area contributed by atoms with Crippen LogP contribution in [0, 0.1) is 11.2 Å². The lowest BCUT2D eigenvalue weighted by Gasteiger charge is -2.55. The Kier molecular flexibility index (Phi) is 5.57. The van der Waals surface area contributed by atoms with Crippen molar-refractivity contribution in [2.75, 3.05) is 46.6 Å². The van der Waals surface area contributed by atoms with Gasteiger partial charge in [-0.05, 0) is 37.5 Å². The first kappa shape index (κ1) is 22.2. The Bertz CT molecular complexity index is 1310. The number of aromatic nitrogens is 2. The number of ether oxygens (including phenoxy) is 4. The second-order valence-electron chi connectivity index (χ2n) is 9.82. The summed E-state index contributed by atoms with van der Waals surface area (Å²) in [5.74, 6) is 1.19. The van der Waals surface area contributed by atoms with Gasteiger partial charge in [0.15, 0.2) is 23.1 Å². The van der Waals surface area contributed by atoms with Crippen LogP contribution in [0.2, 0.25) is 0 Å². The molecule has 3 heterocycles. The summed E-state index contributed by atoms with van der Waals surface area (Å²) in [6.45, 7) is 7.60. The fourth-order valence-electron chi connectivity index (χ4n) is 5.20. The second-order valence-corrected chi connectivity index (χ2v) is 9.82.